The maximum Gasteiger partial charge on any atom is 0.276 e. The summed E-state index contributed by atoms with van der Waals surface area (Å²) in [7, 11) is 1.92. The van der Waals surface area contributed by atoms with Crippen LogP contribution in [0.2, 0.25) is 0 Å². The molecule has 0 aliphatic carbocycles. The molecule has 3 rings (SSSR count). The molecule has 1 aliphatic rings. The van der Waals surface area contributed by atoms with Gasteiger partial charge >= 0.3 is 0 Å². The van der Waals surface area contributed by atoms with Crippen molar-refractivity contribution in [1.82, 2.24) is 25.2 Å². The third-order valence-corrected chi connectivity index (χ3v) is 4.21. The van der Waals surface area contributed by atoms with Gasteiger partial charge in [-0.05, 0) is 26.0 Å². The molecule has 1 saturated heterocycles. The SMILES string of the molecule is CNC1CCN(C(=O)c2cn(-c3cccc([N+](=O)[O-])c3)nn2)CC1.Cl. The van der Waals surface area contributed by atoms with E-state index < -0.39 is 4.92 Å². The molecule has 0 radical (unpaired) electrons. The molecule has 10 heteroatoms. The van der Waals surface area contributed by atoms with E-state index in [0.29, 0.717) is 24.8 Å². The number of carbonyl (C=O) groups is 1. The Kier molecular flexibility index (Phi) is 6.05. The monoisotopic (exact) mass is 366 g/mol. The predicted molar refractivity (Wildman–Crippen MR) is 93.2 cm³/mol. The van der Waals surface area contributed by atoms with Crippen LogP contribution in [0, 0.1) is 10.1 Å². The highest BCUT2D eigenvalue weighted by Gasteiger charge is 2.24. The van der Waals surface area contributed by atoms with E-state index >= 15 is 0 Å². The van der Waals surface area contributed by atoms with Gasteiger partial charge in [0.15, 0.2) is 5.69 Å². The van der Waals surface area contributed by atoms with Gasteiger partial charge in [-0.3, -0.25) is 14.9 Å². The zero-order valence-electron chi connectivity index (χ0n) is 13.7. The number of likely N-dealkylation sites (tertiary alicyclic amines) is 1. The van der Waals surface area contributed by atoms with Gasteiger partial charge in [-0.15, -0.1) is 17.5 Å². The molecule has 0 unspecified atom stereocenters. The Balaban J connectivity index is 0.00000225. The first kappa shape index (κ1) is 18.8. The first-order valence-corrected chi connectivity index (χ1v) is 7.72. The summed E-state index contributed by atoms with van der Waals surface area (Å²) in [5.41, 5.74) is 0.694. The maximum atomic E-state index is 12.5. The molecule has 1 amide bonds. The van der Waals surface area contributed by atoms with E-state index in [-0.39, 0.29) is 29.7 Å². The van der Waals surface area contributed by atoms with E-state index in [1.807, 2.05) is 7.05 Å². The Bertz CT molecular complexity index is 757. The van der Waals surface area contributed by atoms with Gasteiger partial charge in [-0.1, -0.05) is 11.3 Å². The Morgan fingerprint density at radius 2 is 2.08 bits per heavy atom. The molecule has 1 fully saturated rings. The molecule has 2 heterocycles. The second-order valence-electron chi connectivity index (χ2n) is 5.68. The van der Waals surface area contributed by atoms with Crippen molar-refractivity contribution in [3.63, 3.8) is 0 Å². The van der Waals surface area contributed by atoms with Gasteiger partial charge in [-0.25, -0.2) is 4.68 Å². The number of piperidine rings is 1. The normalized spacial score (nSPS) is 14.8. The standard InChI is InChI=1S/C15H18N6O3.ClH/c1-16-11-5-7-19(8-6-11)15(22)14-10-20(18-17-14)12-3-2-4-13(9-12)21(23)24;/h2-4,9-11,16H,5-8H2,1H3;1H. The highest BCUT2D eigenvalue weighted by Crippen LogP contribution is 2.17. The first-order chi connectivity index (χ1) is 11.6. The summed E-state index contributed by atoms with van der Waals surface area (Å²) in [6, 6.07) is 6.47. The van der Waals surface area contributed by atoms with Gasteiger partial charge in [0.1, 0.15) is 0 Å². The van der Waals surface area contributed by atoms with Gasteiger partial charge in [0.2, 0.25) is 0 Å². The molecule has 134 valence electrons. The number of hydrogen-bond donors (Lipinski definition) is 1. The molecular formula is C15H19ClN6O3. The van der Waals surface area contributed by atoms with E-state index in [4.69, 9.17) is 0 Å². The Hall–Kier alpha value is -2.52. The van der Waals surface area contributed by atoms with Gasteiger partial charge in [0.25, 0.3) is 11.6 Å². The lowest BCUT2D eigenvalue weighted by atomic mass is 10.1. The minimum atomic E-state index is -0.474. The Morgan fingerprint density at radius 3 is 2.72 bits per heavy atom. The molecule has 1 aromatic heterocycles. The Labute approximate surface area is 150 Å². The minimum Gasteiger partial charge on any atom is -0.337 e. The van der Waals surface area contributed by atoms with Crippen molar-refractivity contribution in [3.05, 3.63) is 46.3 Å². The predicted octanol–water partition coefficient (Wildman–Crippen LogP) is 1.42. The van der Waals surface area contributed by atoms with Crippen LogP contribution in [-0.4, -0.2) is 56.9 Å². The summed E-state index contributed by atoms with van der Waals surface area (Å²) < 4.78 is 1.38. The molecule has 0 atom stereocenters. The number of carbonyl (C=O) groups excluding carboxylic acids is 1. The van der Waals surface area contributed by atoms with Crippen molar-refractivity contribution in [2.75, 3.05) is 20.1 Å². The van der Waals surface area contributed by atoms with Crippen molar-refractivity contribution in [3.8, 4) is 5.69 Å². The largest absolute Gasteiger partial charge is 0.337 e. The summed E-state index contributed by atoms with van der Waals surface area (Å²) in [5.74, 6) is -0.166. The first-order valence-electron chi connectivity index (χ1n) is 7.72. The van der Waals surface area contributed by atoms with Crippen LogP contribution in [0.4, 0.5) is 5.69 Å². The van der Waals surface area contributed by atoms with Crippen LogP contribution in [0.15, 0.2) is 30.5 Å². The molecule has 0 spiro atoms. The smallest absolute Gasteiger partial charge is 0.276 e. The highest BCUT2D eigenvalue weighted by atomic mass is 35.5. The van der Waals surface area contributed by atoms with Gasteiger partial charge in [-0.2, -0.15) is 0 Å². The van der Waals surface area contributed by atoms with Gasteiger partial charge in [0.05, 0.1) is 16.8 Å². The lowest BCUT2D eigenvalue weighted by molar-refractivity contribution is -0.384. The second-order valence-corrected chi connectivity index (χ2v) is 5.68. The van der Waals surface area contributed by atoms with Crippen molar-refractivity contribution >= 4 is 24.0 Å². The van der Waals surface area contributed by atoms with E-state index in [9.17, 15) is 14.9 Å². The number of aromatic nitrogens is 3. The van der Waals surface area contributed by atoms with Crippen LogP contribution in [-0.2, 0) is 0 Å². The number of nitrogens with one attached hydrogen (secondary N) is 1. The summed E-state index contributed by atoms with van der Waals surface area (Å²) in [5, 5.41) is 21.9. The number of nitro groups is 1. The van der Waals surface area contributed by atoms with Crippen molar-refractivity contribution in [2.45, 2.75) is 18.9 Å². The number of benzene rings is 1. The fourth-order valence-corrected chi connectivity index (χ4v) is 2.77. The fourth-order valence-electron chi connectivity index (χ4n) is 2.77. The molecule has 1 N–H and O–H groups in total. The van der Waals surface area contributed by atoms with E-state index in [0.717, 1.165) is 12.8 Å². The topological polar surface area (TPSA) is 106 Å². The molecule has 0 saturated carbocycles. The number of rotatable bonds is 4. The van der Waals surface area contributed by atoms with Crippen LogP contribution in [0.25, 0.3) is 5.69 Å². The summed E-state index contributed by atoms with van der Waals surface area (Å²) in [6.07, 6.45) is 3.31. The lowest BCUT2D eigenvalue weighted by Gasteiger charge is -2.31. The number of nitro benzene ring substituents is 1. The van der Waals surface area contributed by atoms with Crippen LogP contribution < -0.4 is 5.32 Å². The number of halogens is 1. The van der Waals surface area contributed by atoms with Crippen LogP contribution in [0.1, 0.15) is 23.3 Å². The third-order valence-electron chi connectivity index (χ3n) is 4.21. The van der Waals surface area contributed by atoms with E-state index in [1.165, 1.54) is 23.0 Å². The second kappa shape index (κ2) is 8.04. The van der Waals surface area contributed by atoms with Crippen molar-refractivity contribution in [2.24, 2.45) is 0 Å². The number of amides is 1. The molecule has 2 aromatic rings. The van der Waals surface area contributed by atoms with Crippen LogP contribution in [0.5, 0.6) is 0 Å². The average molecular weight is 367 g/mol. The molecule has 25 heavy (non-hydrogen) atoms. The summed E-state index contributed by atoms with van der Waals surface area (Å²) in [4.78, 5) is 24.6. The van der Waals surface area contributed by atoms with Crippen molar-refractivity contribution in [1.29, 1.82) is 0 Å². The number of nitrogens with zero attached hydrogens (tertiary/aromatic N) is 5. The third kappa shape index (κ3) is 4.12. The highest BCUT2D eigenvalue weighted by molar-refractivity contribution is 5.92. The molecular weight excluding hydrogens is 348 g/mol. The van der Waals surface area contributed by atoms with Crippen molar-refractivity contribution < 1.29 is 9.72 Å². The summed E-state index contributed by atoms with van der Waals surface area (Å²) in [6.45, 7) is 1.35. The van der Waals surface area contributed by atoms with Crippen LogP contribution in [0.3, 0.4) is 0 Å². The zero-order valence-corrected chi connectivity index (χ0v) is 14.5. The fraction of sp³-hybridized carbons (Fsp3) is 0.400. The number of non-ortho nitro benzene ring substituents is 1. The minimum absolute atomic E-state index is 0. The number of hydrogen-bond acceptors (Lipinski definition) is 6. The zero-order chi connectivity index (χ0) is 17.1. The summed E-state index contributed by atoms with van der Waals surface area (Å²) >= 11 is 0. The molecule has 1 aromatic carbocycles. The molecule has 9 nitrogen and oxygen atoms in total. The maximum absolute atomic E-state index is 12.5. The molecule has 1 aliphatic heterocycles. The average Bonchev–Trinajstić information content (AvgIpc) is 3.11. The van der Waals surface area contributed by atoms with E-state index in [2.05, 4.69) is 15.6 Å². The van der Waals surface area contributed by atoms with Gasteiger partial charge < -0.3 is 10.2 Å². The van der Waals surface area contributed by atoms with Gasteiger partial charge in [0, 0.05) is 31.3 Å². The quantitative estimate of drug-likeness (QED) is 0.648. The lowest BCUT2D eigenvalue weighted by Crippen LogP contribution is -2.44. The van der Waals surface area contributed by atoms with Crippen LogP contribution >= 0.6 is 12.4 Å². The Morgan fingerprint density at radius 1 is 1.36 bits per heavy atom. The molecule has 0 bridgehead atoms. The van der Waals surface area contributed by atoms with E-state index in [1.54, 1.807) is 17.0 Å².